The minimum atomic E-state index is -0.770. The second-order valence-corrected chi connectivity index (χ2v) is 6.79. The number of piperidine rings is 1. The van der Waals surface area contributed by atoms with Gasteiger partial charge in [-0.25, -0.2) is 0 Å². The Balaban J connectivity index is 2.21. The maximum atomic E-state index is 13.0. The van der Waals surface area contributed by atoms with E-state index in [1.165, 1.54) is 0 Å². The van der Waals surface area contributed by atoms with Crippen LogP contribution in [0.5, 0.6) is 5.75 Å². The average molecular weight is 319 g/mol. The van der Waals surface area contributed by atoms with E-state index < -0.39 is 11.4 Å². The first-order chi connectivity index (χ1) is 10.8. The van der Waals surface area contributed by atoms with E-state index in [-0.39, 0.29) is 17.7 Å². The van der Waals surface area contributed by atoms with Crippen LogP contribution >= 0.6 is 0 Å². The van der Waals surface area contributed by atoms with E-state index in [0.717, 1.165) is 5.56 Å². The minimum absolute atomic E-state index is 0.0117. The highest BCUT2D eigenvalue weighted by Crippen LogP contribution is 2.35. The highest BCUT2D eigenvalue weighted by Gasteiger charge is 2.40. The van der Waals surface area contributed by atoms with Crippen LogP contribution in [0.1, 0.15) is 32.8 Å². The van der Waals surface area contributed by atoms with Gasteiger partial charge in [0.2, 0.25) is 5.91 Å². The van der Waals surface area contributed by atoms with E-state index in [4.69, 9.17) is 4.74 Å². The summed E-state index contributed by atoms with van der Waals surface area (Å²) in [6.45, 7) is 6.64. The summed E-state index contributed by atoms with van der Waals surface area (Å²) in [5.74, 6) is -0.474. The molecule has 5 heteroatoms. The van der Waals surface area contributed by atoms with Crippen LogP contribution < -0.4 is 4.74 Å². The van der Waals surface area contributed by atoms with Gasteiger partial charge in [-0.2, -0.15) is 0 Å². The number of likely N-dealkylation sites (tertiary alicyclic amines) is 1. The molecule has 0 bridgehead atoms. The van der Waals surface area contributed by atoms with Gasteiger partial charge in [0.05, 0.1) is 18.4 Å². The van der Waals surface area contributed by atoms with Crippen LogP contribution in [0, 0.1) is 11.8 Å². The summed E-state index contributed by atoms with van der Waals surface area (Å²) in [7, 11) is 1.60. The summed E-state index contributed by atoms with van der Waals surface area (Å²) in [5, 5.41) is 9.22. The monoisotopic (exact) mass is 319 g/mol. The number of amides is 1. The van der Waals surface area contributed by atoms with E-state index in [0.29, 0.717) is 25.3 Å². The number of carboxylic acid groups (broad SMARTS) is 1. The third kappa shape index (κ3) is 3.33. The minimum Gasteiger partial charge on any atom is -0.496 e. The summed E-state index contributed by atoms with van der Waals surface area (Å²) in [5.41, 5.74) is 0.128. The van der Waals surface area contributed by atoms with Crippen molar-refractivity contribution in [3.63, 3.8) is 0 Å². The smallest absolute Gasteiger partial charge is 0.306 e. The quantitative estimate of drug-likeness (QED) is 0.926. The number of rotatable bonds is 4. The average Bonchev–Trinajstić information content (AvgIpc) is 2.53. The fourth-order valence-electron chi connectivity index (χ4n) is 3.37. The van der Waals surface area contributed by atoms with Gasteiger partial charge in [0, 0.05) is 18.7 Å². The first-order valence-corrected chi connectivity index (χ1v) is 7.94. The maximum absolute atomic E-state index is 13.0. The number of aliphatic carboxylic acids is 1. The summed E-state index contributed by atoms with van der Waals surface area (Å²) >= 11 is 0. The fraction of sp³-hybridized carbons (Fsp3) is 0.556. The number of para-hydroxylation sites is 1. The Morgan fingerprint density at radius 3 is 2.52 bits per heavy atom. The predicted octanol–water partition coefficient (Wildman–Crippen LogP) is 2.54. The van der Waals surface area contributed by atoms with Crippen LogP contribution in [0.3, 0.4) is 0 Å². The number of ether oxygens (including phenoxy) is 1. The molecule has 126 valence electrons. The topological polar surface area (TPSA) is 66.8 Å². The lowest BCUT2D eigenvalue weighted by atomic mass is 9.80. The number of carboxylic acids is 1. The van der Waals surface area contributed by atoms with Crippen molar-refractivity contribution < 1.29 is 19.4 Å². The Kier molecular flexibility index (Phi) is 4.97. The molecule has 1 aliphatic heterocycles. The third-order valence-electron chi connectivity index (χ3n) is 4.82. The van der Waals surface area contributed by atoms with Gasteiger partial charge in [-0.05, 0) is 32.3 Å². The van der Waals surface area contributed by atoms with Gasteiger partial charge in [0.15, 0.2) is 0 Å². The molecular weight excluding hydrogens is 294 g/mol. The number of carbonyl (C=O) groups is 2. The van der Waals surface area contributed by atoms with Crippen molar-refractivity contribution in [3.05, 3.63) is 29.8 Å². The maximum Gasteiger partial charge on any atom is 0.306 e. The van der Waals surface area contributed by atoms with Gasteiger partial charge in [-0.1, -0.05) is 25.1 Å². The van der Waals surface area contributed by atoms with Gasteiger partial charge < -0.3 is 14.7 Å². The summed E-state index contributed by atoms with van der Waals surface area (Å²) in [6, 6.07) is 7.53. The SMILES string of the molecule is COc1ccccc1C(C)(C)C(=O)N1CCC(C(=O)O)C(C)C1. The number of hydrogen-bond acceptors (Lipinski definition) is 3. The van der Waals surface area contributed by atoms with Gasteiger partial charge in [0.1, 0.15) is 5.75 Å². The highest BCUT2D eigenvalue weighted by molar-refractivity contribution is 5.88. The molecular formula is C18H25NO4. The standard InChI is InChI=1S/C18H25NO4/c1-12-11-19(10-9-13(12)16(20)21)17(22)18(2,3)14-7-5-6-8-15(14)23-4/h5-8,12-13H,9-11H2,1-4H3,(H,20,21). The molecule has 2 unspecified atom stereocenters. The molecule has 5 nitrogen and oxygen atoms in total. The molecule has 2 rings (SSSR count). The lowest BCUT2D eigenvalue weighted by Crippen LogP contribution is -2.50. The van der Waals surface area contributed by atoms with Crippen molar-refractivity contribution in [2.24, 2.45) is 11.8 Å². The third-order valence-corrected chi connectivity index (χ3v) is 4.82. The number of carbonyl (C=O) groups excluding carboxylic acids is 1. The number of nitrogens with zero attached hydrogens (tertiary/aromatic N) is 1. The molecule has 0 saturated carbocycles. The second kappa shape index (κ2) is 6.60. The molecule has 2 atom stereocenters. The molecule has 0 aromatic heterocycles. The molecule has 1 saturated heterocycles. The van der Waals surface area contributed by atoms with E-state index in [2.05, 4.69) is 0 Å². The van der Waals surface area contributed by atoms with Crippen molar-refractivity contribution in [2.45, 2.75) is 32.6 Å². The van der Waals surface area contributed by atoms with Crippen LogP contribution in [-0.2, 0) is 15.0 Å². The first kappa shape index (κ1) is 17.3. The Morgan fingerprint density at radius 1 is 1.30 bits per heavy atom. The zero-order valence-electron chi connectivity index (χ0n) is 14.2. The van der Waals surface area contributed by atoms with E-state index in [1.807, 2.05) is 45.0 Å². The fourth-order valence-corrected chi connectivity index (χ4v) is 3.37. The molecule has 1 aliphatic rings. The summed E-state index contributed by atoms with van der Waals surface area (Å²) in [4.78, 5) is 26.0. The van der Waals surface area contributed by atoms with Crippen molar-refractivity contribution >= 4 is 11.9 Å². The molecule has 1 N–H and O–H groups in total. The Hall–Kier alpha value is -2.04. The molecule has 1 amide bonds. The molecule has 0 radical (unpaired) electrons. The molecule has 1 aromatic rings. The molecule has 0 aliphatic carbocycles. The van der Waals surface area contributed by atoms with E-state index in [1.54, 1.807) is 12.0 Å². The molecule has 0 spiro atoms. The van der Waals surface area contributed by atoms with Gasteiger partial charge in [-0.15, -0.1) is 0 Å². The van der Waals surface area contributed by atoms with E-state index >= 15 is 0 Å². The number of hydrogen-bond donors (Lipinski definition) is 1. The number of benzene rings is 1. The summed E-state index contributed by atoms with van der Waals surface area (Å²) < 4.78 is 5.39. The van der Waals surface area contributed by atoms with Gasteiger partial charge in [-0.3, -0.25) is 9.59 Å². The molecule has 23 heavy (non-hydrogen) atoms. The van der Waals surface area contributed by atoms with Crippen LogP contribution in [0.15, 0.2) is 24.3 Å². The van der Waals surface area contributed by atoms with Crippen molar-refractivity contribution in [1.29, 1.82) is 0 Å². The first-order valence-electron chi connectivity index (χ1n) is 7.94. The Bertz CT molecular complexity index is 596. The van der Waals surface area contributed by atoms with Crippen molar-refractivity contribution in [1.82, 2.24) is 4.90 Å². The second-order valence-electron chi connectivity index (χ2n) is 6.79. The Labute approximate surface area is 137 Å². The molecule has 1 heterocycles. The largest absolute Gasteiger partial charge is 0.496 e. The lowest BCUT2D eigenvalue weighted by molar-refractivity contribution is -0.149. The lowest BCUT2D eigenvalue weighted by Gasteiger charge is -2.39. The molecule has 1 fully saturated rings. The van der Waals surface area contributed by atoms with Gasteiger partial charge >= 0.3 is 5.97 Å². The van der Waals surface area contributed by atoms with Crippen LogP contribution in [0.4, 0.5) is 0 Å². The molecule has 1 aromatic carbocycles. The van der Waals surface area contributed by atoms with Gasteiger partial charge in [0.25, 0.3) is 0 Å². The zero-order valence-corrected chi connectivity index (χ0v) is 14.2. The summed E-state index contributed by atoms with van der Waals surface area (Å²) in [6.07, 6.45) is 0.504. The van der Waals surface area contributed by atoms with Crippen molar-refractivity contribution in [3.8, 4) is 5.75 Å². The van der Waals surface area contributed by atoms with Crippen LogP contribution in [0.2, 0.25) is 0 Å². The normalized spacial score (nSPS) is 21.8. The Morgan fingerprint density at radius 2 is 1.96 bits per heavy atom. The van der Waals surface area contributed by atoms with Crippen LogP contribution in [0.25, 0.3) is 0 Å². The zero-order chi connectivity index (χ0) is 17.2. The van der Waals surface area contributed by atoms with Crippen molar-refractivity contribution in [2.75, 3.05) is 20.2 Å². The highest BCUT2D eigenvalue weighted by atomic mass is 16.5. The van der Waals surface area contributed by atoms with E-state index in [9.17, 15) is 14.7 Å². The van der Waals surface area contributed by atoms with Crippen LogP contribution in [-0.4, -0.2) is 42.1 Å². The number of methoxy groups -OCH3 is 1. The predicted molar refractivity (Wildman–Crippen MR) is 87.5 cm³/mol.